The molecule has 6 nitrogen and oxygen atoms in total. The third kappa shape index (κ3) is 4.85. The molecule has 0 N–H and O–H groups in total. The Morgan fingerprint density at radius 2 is 1.97 bits per heavy atom. The van der Waals surface area contributed by atoms with Crippen molar-refractivity contribution in [3.8, 4) is 11.6 Å². The summed E-state index contributed by atoms with van der Waals surface area (Å²) in [7, 11) is 1.93. The normalized spacial score (nSPS) is 22.3. The second kappa shape index (κ2) is 9.54. The second-order valence-corrected chi connectivity index (χ2v) is 10.2. The maximum atomic E-state index is 12.8. The maximum absolute atomic E-state index is 12.8. The first kappa shape index (κ1) is 25.1. The quantitative estimate of drug-likeness (QED) is 0.303. The molecule has 2 fully saturated rings. The number of aryl methyl sites for hydroxylation is 1. The average molecular weight is 514 g/mol. The highest BCUT2D eigenvalue weighted by molar-refractivity contribution is 7.99. The van der Waals surface area contributed by atoms with E-state index >= 15 is 0 Å². The van der Waals surface area contributed by atoms with Crippen LogP contribution in [0.4, 0.5) is 13.2 Å². The fourth-order valence-electron chi connectivity index (χ4n) is 4.96. The SMILES string of the molecule is Cc1ncoc1-c1nnc(SCCCN2CC[C@]3(C[C@@H]3c3ccc(C(F)(F)F)cc3)C2)n1C.Cl. The predicted molar refractivity (Wildman–Crippen MR) is 126 cm³/mol. The number of thioether (sulfide) groups is 1. The summed E-state index contributed by atoms with van der Waals surface area (Å²) >= 11 is 1.68. The Hall–Kier alpha value is -2.04. The molecule has 2 aliphatic rings. The van der Waals surface area contributed by atoms with E-state index < -0.39 is 11.7 Å². The van der Waals surface area contributed by atoms with Crippen LogP contribution in [0.3, 0.4) is 0 Å². The van der Waals surface area contributed by atoms with Gasteiger partial charge in [-0.05, 0) is 68.3 Å². The molecule has 1 saturated carbocycles. The lowest BCUT2D eigenvalue weighted by Crippen LogP contribution is -2.23. The highest BCUT2D eigenvalue weighted by atomic mass is 35.5. The first-order valence-corrected chi connectivity index (χ1v) is 12.1. The smallest absolute Gasteiger partial charge is 0.416 e. The number of aromatic nitrogens is 4. The molecule has 184 valence electrons. The zero-order valence-corrected chi connectivity index (χ0v) is 20.6. The van der Waals surface area contributed by atoms with E-state index in [9.17, 15) is 13.2 Å². The molecule has 0 unspecified atom stereocenters. The van der Waals surface area contributed by atoms with Crippen molar-refractivity contribution in [2.45, 2.75) is 43.4 Å². The van der Waals surface area contributed by atoms with Crippen LogP contribution in [0.15, 0.2) is 40.2 Å². The van der Waals surface area contributed by atoms with Crippen molar-refractivity contribution >= 4 is 24.2 Å². The fourth-order valence-corrected chi connectivity index (χ4v) is 5.79. The van der Waals surface area contributed by atoms with E-state index in [-0.39, 0.29) is 17.8 Å². The minimum absolute atomic E-state index is 0. The lowest BCUT2D eigenvalue weighted by atomic mass is 9.97. The Balaban J connectivity index is 0.00000274. The molecule has 2 aromatic heterocycles. The summed E-state index contributed by atoms with van der Waals surface area (Å²) in [6, 6.07) is 5.76. The molecule has 11 heteroatoms. The van der Waals surface area contributed by atoms with Gasteiger partial charge >= 0.3 is 6.18 Å². The van der Waals surface area contributed by atoms with Gasteiger partial charge < -0.3 is 13.9 Å². The van der Waals surface area contributed by atoms with Gasteiger partial charge in [-0.1, -0.05) is 23.9 Å². The molecule has 34 heavy (non-hydrogen) atoms. The molecule has 3 heterocycles. The van der Waals surface area contributed by atoms with Gasteiger partial charge in [-0.25, -0.2) is 4.98 Å². The van der Waals surface area contributed by atoms with Crippen LogP contribution in [-0.4, -0.2) is 50.0 Å². The zero-order valence-electron chi connectivity index (χ0n) is 19.0. The summed E-state index contributed by atoms with van der Waals surface area (Å²) in [5.41, 5.74) is 1.51. The Morgan fingerprint density at radius 3 is 2.65 bits per heavy atom. The van der Waals surface area contributed by atoms with Gasteiger partial charge in [0.15, 0.2) is 17.3 Å². The first-order chi connectivity index (χ1) is 15.8. The van der Waals surface area contributed by atoms with Gasteiger partial charge in [0, 0.05) is 19.3 Å². The van der Waals surface area contributed by atoms with Crippen LogP contribution in [0.5, 0.6) is 0 Å². The molecule has 1 aliphatic heterocycles. The molecule has 0 bridgehead atoms. The van der Waals surface area contributed by atoms with Crippen molar-refractivity contribution in [2.75, 3.05) is 25.4 Å². The Labute approximate surface area is 206 Å². The van der Waals surface area contributed by atoms with Crippen molar-refractivity contribution in [1.82, 2.24) is 24.6 Å². The Kier molecular flexibility index (Phi) is 7.04. The van der Waals surface area contributed by atoms with Crippen molar-refractivity contribution in [3.63, 3.8) is 0 Å². The van der Waals surface area contributed by atoms with Gasteiger partial charge in [0.25, 0.3) is 0 Å². The van der Waals surface area contributed by atoms with Crippen LogP contribution in [0.2, 0.25) is 0 Å². The molecule has 1 spiro atoms. The molecule has 5 rings (SSSR count). The first-order valence-electron chi connectivity index (χ1n) is 11.1. The molecular weight excluding hydrogens is 487 g/mol. The molecule has 0 radical (unpaired) electrons. The summed E-state index contributed by atoms with van der Waals surface area (Å²) in [5.74, 6) is 2.65. The third-order valence-electron chi connectivity index (χ3n) is 6.93. The fraction of sp³-hybridized carbons (Fsp3) is 0.522. The number of nitrogens with zero attached hydrogens (tertiary/aromatic N) is 5. The number of likely N-dealkylation sites (tertiary alicyclic amines) is 1. The predicted octanol–water partition coefficient (Wildman–Crippen LogP) is 5.58. The van der Waals surface area contributed by atoms with E-state index in [1.807, 2.05) is 18.5 Å². The van der Waals surface area contributed by atoms with Crippen LogP contribution < -0.4 is 0 Å². The summed E-state index contributed by atoms with van der Waals surface area (Å²) in [4.78, 5) is 6.60. The average Bonchev–Trinajstić information content (AvgIpc) is 3.05. The van der Waals surface area contributed by atoms with Crippen LogP contribution in [0.1, 0.15) is 42.0 Å². The number of hydrogen-bond acceptors (Lipinski definition) is 6. The molecule has 2 atom stereocenters. The minimum Gasteiger partial charge on any atom is -0.440 e. The van der Waals surface area contributed by atoms with Gasteiger partial charge in [0.2, 0.25) is 5.82 Å². The molecule has 0 amide bonds. The van der Waals surface area contributed by atoms with E-state index in [1.54, 1.807) is 23.9 Å². The topological polar surface area (TPSA) is 60.0 Å². The summed E-state index contributed by atoms with van der Waals surface area (Å²) in [6.45, 7) is 4.98. The van der Waals surface area contributed by atoms with Crippen LogP contribution in [0.25, 0.3) is 11.6 Å². The highest BCUT2D eigenvalue weighted by Crippen LogP contribution is 2.64. The van der Waals surface area contributed by atoms with Crippen LogP contribution in [0, 0.1) is 12.3 Å². The van der Waals surface area contributed by atoms with Crippen molar-refractivity contribution in [3.05, 3.63) is 47.5 Å². The number of oxazole rings is 1. The van der Waals surface area contributed by atoms with Crippen molar-refractivity contribution in [1.29, 1.82) is 0 Å². The van der Waals surface area contributed by atoms with E-state index in [1.165, 1.54) is 18.5 Å². The number of rotatable bonds is 7. The lowest BCUT2D eigenvalue weighted by molar-refractivity contribution is -0.137. The van der Waals surface area contributed by atoms with Gasteiger partial charge in [0.05, 0.1) is 11.3 Å². The Morgan fingerprint density at radius 1 is 1.21 bits per heavy atom. The van der Waals surface area contributed by atoms with Gasteiger partial charge in [-0.3, -0.25) is 0 Å². The van der Waals surface area contributed by atoms with E-state index in [0.29, 0.717) is 17.5 Å². The largest absolute Gasteiger partial charge is 0.440 e. The molecular formula is C23H27ClF3N5OS. The number of hydrogen-bond donors (Lipinski definition) is 0. The summed E-state index contributed by atoms with van der Waals surface area (Å²) in [5, 5.41) is 9.38. The lowest BCUT2D eigenvalue weighted by Gasteiger charge is -2.16. The summed E-state index contributed by atoms with van der Waals surface area (Å²) < 4.78 is 45.8. The highest BCUT2D eigenvalue weighted by Gasteiger charge is 2.57. The minimum atomic E-state index is -4.27. The number of alkyl halides is 3. The van der Waals surface area contributed by atoms with Gasteiger partial charge in [-0.15, -0.1) is 22.6 Å². The number of halogens is 4. The van der Waals surface area contributed by atoms with E-state index in [4.69, 9.17) is 4.42 Å². The Bertz CT molecular complexity index is 1130. The monoisotopic (exact) mass is 513 g/mol. The van der Waals surface area contributed by atoms with Crippen molar-refractivity contribution < 1.29 is 17.6 Å². The van der Waals surface area contributed by atoms with Gasteiger partial charge in [0.1, 0.15) is 0 Å². The zero-order chi connectivity index (χ0) is 23.2. The maximum Gasteiger partial charge on any atom is 0.416 e. The van der Waals surface area contributed by atoms with E-state index in [2.05, 4.69) is 20.1 Å². The van der Waals surface area contributed by atoms with Crippen molar-refractivity contribution in [2.24, 2.45) is 12.5 Å². The summed E-state index contributed by atoms with van der Waals surface area (Å²) in [6.07, 6.45) is 0.372. The molecule has 1 aromatic carbocycles. The second-order valence-electron chi connectivity index (χ2n) is 9.10. The standard InChI is InChI=1S/C23H26F3N5OS.ClH/c1-15-19(32-14-27-15)20-28-29-21(30(20)2)33-11-3-9-31-10-8-22(13-31)12-18(22)16-4-6-17(7-5-16)23(24,25)26;/h4-7,14,18H,3,8-13H2,1-2H3;1H/t18-,22+;/m1./s1. The van der Waals surface area contributed by atoms with Crippen LogP contribution >= 0.6 is 24.2 Å². The van der Waals surface area contributed by atoms with Gasteiger partial charge in [-0.2, -0.15) is 13.2 Å². The van der Waals surface area contributed by atoms with E-state index in [0.717, 1.165) is 61.1 Å². The molecule has 1 aliphatic carbocycles. The van der Waals surface area contributed by atoms with Crippen LogP contribution in [-0.2, 0) is 13.2 Å². The third-order valence-corrected chi connectivity index (χ3v) is 8.03. The molecule has 1 saturated heterocycles. The number of benzene rings is 1. The molecule has 3 aromatic rings.